The van der Waals surface area contributed by atoms with E-state index >= 15 is 0 Å². The first-order valence-corrected chi connectivity index (χ1v) is 32.1. The van der Waals surface area contributed by atoms with E-state index in [1.807, 2.05) is 39.0 Å². The van der Waals surface area contributed by atoms with Crippen LogP contribution in [0.15, 0.2) is 141 Å². The summed E-state index contributed by atoms with van der Waals surface area (Å²) >= 11 is 0. The van der Waals surface area contributed by atoms with E-state index in [2.05, 4.69) is 64.8 Å². The van der Waals surface area contributed by atoms with Gasteiger partial charge < -0.3 is 47.8 Å². The van der Waals surface area contributed by atoms with Gasteiger partial charge in [0.2, 0.25) is 0 Å². The van der Waals surface area contributed by atoms with Crippen molar-refractivity contribution in [2.75, 3.05) is 40.6 Å². The minimum atomic E-state index is -0.540. The highest BCUT2D eigenvalue weighted by atomic mass is 16.6. The number of carbonyl (C=O) groups is 8. The highest BCUT2D eigenvalue weighted by molar-refractivity contribution is 6.01. The summed E-state index contributed by atoms with van der Waals surface area (Å²) in [6, 6.07) is 26.4. The number of aldehydes is 2. The largest absolute Gasteiger partial charge is 0.508 e. The molecule has 4 aromatic carbocycles. The summed E-state index contributed by atoms with van der Waals surface area (Å²) in [4.78, 5) is 95.4. The Morgan fingerprint density at radius 3 is 1.59 bits per heavy atom. The van der Waals surface area contributed by atoms with Crippen LogP contribution in [-0.4, -0.2) is 106 Å². The summed E-state index contributed by atoms with van der Waals surface area (Å²) in [5.74, 6) is -0.199. The molecule has 0 aliphatic heterocycles. The third-order valence-corrected chi connectivity index (χ3v) is 14.3. The molecule has 2 unspecified atom stereocenters. The van der Waals surface area contributed by atoms with Gasteiger partial charge in [-0.1, -0.05) is 105 Å². The molecule has 0 aromatic heterocycles. The lowest BCUT2D eigenvalue weighted by Crippen LogP contribution is -2.30. The molecule has 0 bridgehead atoms. The smallest absolute Gasteiger partial charge is 0.330 e. The number of allylic oxidation sites excluding steroid dienone is 2. The molecule has 0 amide bonds. The minimum Gasteiger partial charge on any atom is -0.508 e. The molecule has 0 heterocycles. The molecule has 95 heavy (non-hydrogen) atoms. The second-order valence-electron chi connectivity index (χ2n) is 22.2. The Labute approximate surface area is 563 Å². The first-order valence-electron chi connectivity index (χ1n) is 32.1. The minimum absolute atomic E-state index is 0.0183. The number of hydrogen-bond acceptors (Lipinski definition) is 19. The van der Waals surface area contributed by atoms with E-state index in [0.29, 0.717) is 111 Å². The zero-order valence-corrected chi connectivity index (χ0v) is 57.7. The van der Waals surface area contributed by atoms with Crippen LogP contribution in [0.2, 0.25) is 0 Å². The quantitative estimate of drug-likeness (QED) is 0.0153. The Balaban J connectivity index is 0.00000182. The Bertz CT molecular complexity index is 3010. The lowest BCUT2D eigenvalue weighted by molar-refractivity contribution is -0.151. The number of methoxy groups -OCH3 is 2. The Hall–Kier alpha value is -9.28. The molecule has 1 N–H and O–H groups in total. The van der Waals surface area contributed by atoms with Gasteiger partial charge in [-0.05, 0) is 175 Å². The molecule has 0 spiro atoms. The van der Waals surface area contributed by atoms with Crippen LogP contribution in [0.25, 0.3) is 0 Å². The van der Waals surface area contributed by atoms with Crippen molar-refractivity contribution in [3.63, 3.8) is 0 Å². The van der Waals surface area contributed by atoms with E-state index in [1.165, 1.54) is 44.8 Å². The molecule has 2 aliphatic carbocycles. The van der Waals surface area contributed by atoms with Crippen molar-refractivity contribution in [2.45, 2.75) is 152 Å². The number of phenolic OH excluding ortho intramolecular Hbond substituents is 1. The molecule has 6 rings (SSSR count). The van der Waals surface area contributed by atoms with Crippen LogP contribution in [0.3, 0.4) is 0 Å². The molecule has 2 saturated carbocycles. The summed E-state index contributed by atoms with van der Waals surface area (Å²) in [7, 11) is 3.25. The Kier molecular flexibility index (Phi) is 47.0. The van der Waals surface area contributed by atoms with Gasteiger partial charge in [0.05, 0.1) is 56.3 Å². The first kappa shape index (κ1) is 85.7. The molecule has 2 fully saturated rings. The standard InChI is InChI=1S/C45H52N2O9.C9H12O4.C7H8O2.C4H6O.2C4H10.C3H4O/c1-29(27-52-4)28-54-39-18-20-40(21-19-39)55-44(50)37-13-15-38(16-14-37)45(51)56-41-22-17-34(23-24-53-43(49)36-11-7-33(26-48)8-12-36)30(2)42(41)47-31(3)35-9-5-32(25-46)6-10-35;1-4-8(10)12-6-7(3)13-9(11)5-2;1-9-7-4-2-6(8)3-5-7;1-3-4(2)5;2*1-3-4-2;1-2-3-4/h5-6,9-10,17-22,26,29,33,36-38H,7-8,11-16,23-24,27-28H2,1-4H3;4-5,7H,1-2,6H2,3H3;2-5,8H,1H3;3H,1H2,2H3;2*3-4H2,1-2H3;2-3H,1H2. The van der Waals surface area contributed by atoms with Crippen molar-refractivity contribution in [3.05, 3.63) is 158 Å². The molecule has 19 heteroatoms. The Morgan fingerprint density at radius 2 is 1.13 bits per heavy atom. The average Bonchev–Trinajstić information content (AvgIpc) is 0.840. The molecule has 2 atom stereocenters. The number of unbranched alkanes of at least 4 members (excludes halogenated alkanes) is 2. The zero-order chi connectivity index (χ0) is 71.5. The van der Waals surface area contributed by atoms with Crippen molar-refractivity contribution in [1.29, 1.82) is 5.26 Å². The predicted octanol–water partition coefficient (Wildman–Crippen LogP) is 15.1. The van der Waals surface area contributed by atoms with Gasteiger partial charge in [-0.3, -0.25) is 24.0 Å². The number of esters is 5. The fourth-order valence-electron chi connectivity index (χ4n) is 8.35. The van der Waals surface area contributed by atoms with Crippen LogP contribution in [0, 0.1) is 47.8 Å². The molecule has 518 valence electrons. The van der Waals surface area contributed by atoms with Gasteiger partial charge >= 0.3 is 29.8 Å². The van der Waals surface area contributed by atoms with Crippen molar-refractivity contribution in [3.8, 4) is 34.8 Å². The highest BCUT2D eigenvalue weighted by Crippen LogP contribution is 2.38. The predicted molar refractivity (Wildman–Crippen MR) is 370 cm³/mol. The van der Waals surface area contributed by atoms with E-state index in [4.69, 9.17) is 48.1 Å². The number of aliphatic imine (C=N–C) groups is 1. The second kappa shape index (κ2) is 52.1. The molecular weight excluding hydrogens is 1210 g/mol. The second-order valence-corrected chi connectivity index (χ2v) is 22.2. The number of nitriles is 1. The molecule has 4 aromatic rings. The van der Waals surface area contributed by atoms with Crippen molar-refractivity contribution >= 4 is 59.6 Å². The van der Waals surface area contributed by atoms with Crippen LogP contribution in [0.1, 0.15) is 155 Å². The lowest BCUT2D eigenvalue weighted by atomic mass is 9.82. The van der Waals surface area contributed by atoms with Crippen molar-refractivity contribution in [2.24, 2.45) is 34.6 Å². The van der Waals surface area contributed by atoms with Crippen LogP contribution in [0.5, 0.6) is 28.7 Å². The fraction of sp³-hybridized carbons (Fsp3) is 0.447. The van der Waals surface area contributed by atoms with E-state index < -0.39 is 24.0 Å². The number of carbonyl (C=O) groups excluding carboxylic acids is 8. The van der Waals surface area contributed by atoms with Gasteiger partial charge in [-0.2, -0.15) is 5.26 Å². The fourth-order valence-corrected chi connectivity index (χ4v) is 8.35. The SMILES string of the molecule is C=CC(=O)OCC(C)OC(=O)C=C.C=CC(C)=O.C=CC=O.CCCC.CCCC.COCC(C)COc1ccc(OC(=O)C2CCC(C(=O)Oc3ccc(CCOC(=O)C4CCC(C=O)CC4)c(C)c3N=C(C)c3ccc(C#N)cc3)CC2)cc1.COc1ccc(O)cc1. The van der Waals surface area contributed by atoms with Gasteiger partial charge in [-0.15, -0.1) is 0 Å². The van der Waals surface area contributed by atoms with Crippen LogP contribution in [0.4, 0.5) is 5.69 Å². The number of hydrogen-bond donors (Lipinski definition) is 1. The maximum atomic E-state index is 13.6. The summed E-state index contributed by atoms with van der Waals surface area (Å²) in [5, 5.41) is 18.0. The lowest BCUT2D eigenvalue weighted by Gasteiger charge is -2.26. The average molecular weight is 1320 g/mol. The number of benzene rings is 4. The highest BCUT2D eigenvalue weighted by Gasteiger charge is 2.33. The monoisotopic (exact) mass is 1310 g/mol. The van der Waals surface area contributed by atoms with E-state index in [-0.39, 0.29) is 66.3 Å². The zero-order valence-electron chi connectivity index (χ0n) is 57.7. The van der Waals surface area contributed by atoms with Gasteiger partial charge in [0, 0.05) is 43.2 Å². The van der Waals surface area contributed by atoms with Crippen molar-refractivity contribution < 1.29 is 81.4 Å². The third-order valence-electron chi connectivity index (χ3n) is 14.3. The van der Waals surface area contributed by atoms with E-state index in [9.17, 15) is 38.8 Å². The summed E-state index contributed by atoms with van der Waals surface area (Å²) in [6.45, 7) is 31.7. The maximum Gasteiger partial charge on any atom is 0.330 e. The number of phenols is 1. The maximum absolute atomic E-state index is 13.6. The summed E-state index contributed by atoms with van der Waals surface area (Å²) in [6.07, 6.45) is 16.1. The van der Waals surface area contributed by atoms with E-state index in [0.717, 1.165) is 40.9 Å². The molecule has 2 aliphatic rings. The summed E-state index contributed by atoms with van der Waals surface area (Å²) < 4.78 is 42.5. The van der Waals surface area contributed by atoms with E-state index in [1.54, 1.807) is 87.9 Å². The number of ketones is 1. The third kappa shape index (κ3) is 37.9. The number of rotatable bonds is 26. The Morgan fingerprint density at radius 1 is 0.632 bits per heavy atom. The molecular formula is C76H102N2O17. The topological polar surface area (TPSA) is 267 Å². The molecule has 19 nitrogen and oxygen atoms in total. The van der Waals surface area contributed by atoms with Crippen LogP contribution in [-0.2, 0) is 63.7 Å². The van der Waals surface area contributed by atoms with Gasteiger partial charge in [0.15, 0.2) is 11.5 Å². The number of nitrogens with zero attached hydrogens (tertiary/aromatic N) is 2. The first-order chi connectivity index (χ1) is 45.5. The van der Waals surface area contributed by atoms with Gasteiger partial charge in [0.1, 0.15) is 54.0 Å². The molecule has 0 radical (unpaired) electrons. The normalized spacial score (nSPS) is 15.5. The molecule has 0 saturated heterocycles. The number of aromatic hydroxyl groups is 1. The van der Waals surface area contributed by atoms with Crippen molar-refractivity contribution in [1.82, 2.24) is 0 Å². The number of ether oxygens (including phenoxy) is 8. The van der Waals surface area contributed by atoms with Gasteiger partial charge in [-0.25, -0.2) is 14.6 Å². The van der Waals surface area contributed by atoms with Gasteiger partial charge in [0.25, 0.3) is 0 Å². The summed E-state index contributed by atoms with van der Waals surface area (Å²) in [5.41, 5.74) is 4.19. The van der Waals surface area contributed by atoms with Crippen LogP contribution < -0.4 is 18.9 Å². The van der Waals surface area contributed by atoms with Crippen LogP contribution >= 0.6 is 0 Å².